The molecule has 0 saturated carbocycles. The Morgan fingerprint density at radius 2 is 2.00 bits per heavy atom. The van der Waals surface area contributed by atoms with Gasteiger partial charge >= 0.3 is 74.9 Å². The van der Waals surface area contributed by atoms with Gasteiger partial charge in [-0.1, -0.05) is 0 Å². The van der Waals surface area contributed by atoms with E-state index in [0.717, 1.165) is 0 Å². The van der Waals surface area contributed by atoms with E-state index in [1.54, 1.807) is 0 Å². The van der Waals surface area contributed by atoms with Crippen LogP contribution < -0.4 is 68.9 Å². The molecule has 0 aromatic heterocycles. The zero-order valence-electron chi connectivity index (χ0n) is 5.38. The third-order valence-corrected chi connectivity index (χ3v) is 0.357. The van der Waals surface area contributed by atoms with Crippen LogP contribution in [-0.2, 0) is 4.79 Å². The first-order chi connectivity index (χ1) is 2.64. The van der Waals surface area contributed by atoms with Crippen molar-refractivity contribution < 1.29 is 85.3 Å². The Kier molecular flexibility index (Phi) is 9.07. The van der Waals surface area contributed by atoms with E-state index in [0.29, 0.717) is 0 Å². The van der Waals surface area contributed by atoms with Crippen molar-refractivity contribution >= 4 is 5.97 Å². The van der Waals surface area contributed by atoms with Crippen LogP contribution >= 0.6 is 0 Å². The summed E-state index contributed by atoms with van der Waals surface area (Å²) in [5, 5.41) is 15.8. The number of aliphatic hydroxyl groups excluding tert-OH is 1. The van der Waals surface area contributed by atoms with Crippen LogP contribution in [0.3, 0.4) is 0 Å². The van der Waals surface area contributed by atoms with Gasteiger partial charge < -0.3 is 11.6 Å². The fourth-order valence-electron chi connectivity index (χ4n) is 0. The predicted octanol–water partition coefficient (Wildman–Crippen LogP) is -3.43. The largest absolute Gasteiger partial charge is 1.00 e. The normalized spacial score (nSPS) is 11.7. The van der Waals surface area contributed by atoms with Gasteiger partial charge in [-0.15, -0.1) is 0 Å². The summed E-state index contributed by atoms with van der Waals surface area (Å²) >= 11 is 0. The fourth-order valence-corrected chi connectivity index (χ4v) is 0. The van der Waals surface area contributed by atoms with Gasteiger partial charge in [0.25, 0.3) is 0 Å². The number of aliphatic carboxylic acids is 1. The summed E-state index contributed by atoms with van der Waals surface area (Å²) in [5.74, 6) is -1.19. The van der Waals surface area contributed by atoms with Gasteiger partial charge in [0.05, 0.1) is 0 Å². The van der Waals surface area contributed by atoms with Crippen molar-refractivity contribution in [2.24, 2.45) is 0 Å². The van der Waals surface area contributed by atoms with Gasteiger partial charge in [-0.25, -0.2) is 4.79 Å². The maximum Gasteiger partial charge on any atom is 1.00 e. The van der Waals surface area contributed by atoms with E-state index < -0.39 is 12.1 Å². The van der Waals surface area contributed by atoms with Crippen LogP contribution in [0.2, 0.25) is 0 Å². The first kappa shape index (κ1) is 11.3. The Balaban J connectivity index is -0.000000125. The summed E-state index contributed by atoms with van der Waals surface area (Å²) in [4.78, 5) is 9.45. The zero-order valence-corrected chi connectivity index (χ0v) is 10.7. The molecule has 38 valence electrons. The number of rotatable bonds is 1. The van der Waals surface area contributed by atoms with E-state index >= 15 is 0 Å². The first-order valence-corrected chi connectivity index (χ1v) is 1.55. The zero-order chi connectivity index (χ0) is 5.15. The Hall–Kier alpha value is 1.48. The molecule has 0 spiro atoms. The minimum atomic E-state index is -1.23. The molecule has 0 saturated heterocycles. The van der Waals surface area contributed by atoms with Crippen LogP contribution in [0.15, 0.2) is 0 Å². The fraction of sp³-hybridized carbons (Fsp3) is 0.667. The molecule has 0 radical (unpaired) electrons. The van der Waals surface area contributed by atoms with E-state index in [2.05, 4.69) is 0 Å². The standard InChI is InChI=1S/C3H6O3.Cs.H/c1-2(4)3(5)6;;/h2,4H,1H3,(H,5,6);;/q;+1;-1. The Morgan fingerprint density at radius 3 is 2.00 bits per heavy atom. The smallest absolute Gasteiger partial charge is 1.00 e. The molecule has 0 aliphatic heterocycles. The Labute approximate surface area is 102 Å². The number of hydrogen-bond donors (Lipinski definition) is 2. The monoisotopic (exact) mass is 224 g/mol. The second-order valence-electron chi connectivity index (χ2n) is 1.01. The van der Waals surface area contributed by atoms with Crippen LogP contribution in [0.5, 0.6) is 0 Å². The average molecular weight is 224 g/mol. The number of aliphatic hydroxyl groups is 1. The maximum absolute atomic E-state index is 9.45. The average Bonchev–Trinajstić information content (AvgIpc) is 1.36. The van der Waals surface area contributed by atoms with Gasteiger partial charge in [0.2, 0.25) is 0 Å². The molecule has 1 unspecified atom stereocenters. The third kappa shape index (κ3) is 7.48. The second kappa shape index (κ2) is 5.62. The van der Waals surface area contributed by atoms with E-state index in [9.17, 15) is 4.79 Å². The quantitative estimate of drug-likeness (QED) is 0.487. The number of carboxylic acids is 1. The van der Waals surface area contributed by atoms with Crippen LogP contribution in [-0.4, -0.2) is 22.3 Å². The molecule has 3 nitrogen and oxygen atoms in total. The summed E-state index contributed by atoms with van der Waals surface area (Å²) in [7, 11) is 0. The van der Waals surface area contributed by atoms with Crippen molar-refractivity contribution in [3.8, 4) is 0 Å². The van der Waals surface area contributed by atoms with Crippen molar-refractivity contribution in [3.05, 3.63) is 0 Å². The van der Waals surface area contributed by atoms with Crippen molar-refractivity contribution in [3.63, 3.8) is 0 Å². The summed E-state index contributed by atoms with van der Waals surface area (Å²) in [5.41, 5.74) is 0. The predicted molar refractivity (Wildman–Crippen MR) is 20.4 cm³/mol. The van der Waals surface area contributed by atoms with Gasteiger partial charge in [0, 0.05) is 0 Å². The van der Waals surface area contributed by atoms with Crippen LogP contribution in [0.25, 0.3) is 0 Å². The third-order valence-electron chi connectivity index (χ3n) is 0.357. The first-order valence-electron chi connectivity index (χ1n) is 1.55. The topological polar surface area (TPSA) is 57.5 Å². The van der Waals surface area contributed by atoms with Gasteiger partial charge in [-0.2, -0.15) is 0 Å². The van der Waals surface area contributed by atoms with Crippen LogP contribution in [0.1, 0.15) is 8.35 Å². The Morgan fingerprint density at radius 1 is 1.86 bits per heavy atom. The van der Waals surface area contributed by atoms with Gasteiger partial charge in [0.1, 0.15) is 6.10 Å². The molecule has 0 aromatic rings. The molecular weight excluding hydrogens is 217 g/mol. The summed E-state index contributed by atoms with van der Waals surface area (Å²) < 4.78 is 0. The van der Waals surface area contributed by atoms with Crippen molar-refractivity contribution in [1.29, 1.82) is 0 Å². The van der Waals surface area contributed by atoms with Crippen molar-refractivity contribution in [1.82, 2.24) is 0 Å². The molecule has 0 aromatic carbocycles. The summed E-state index contributed by atoms with van der Waals surface area (Å²) in [6, 6.07) is 0. The molecule has 0 fully saturated rings. The van der Waals surface area contributed by atoms with Crippen LogP contribution in [0.4, 0.5) is 0 Å². The second-order valence-corrected chi connectivity index (χ2v) is 1.01. The molecule has 4 heteroatoms. The number of carbonyl (C=O) groups is 1. The van der Waals surface area contributed by atoms with E-state index in [1.165, 1.54) is 6.92 Å². The molecule has 0 aliphatic carbocycles. The molecular formula is C3H7CsO3. The van der Waals surface area contributed by atoms with E-state index in [-0.39, 0.29) is 70.3 Å². The molecule has 7 heavy (non-hydrogen) atoms. The number of hydrogen-bond acceptors (Lipinski definition) is 2. The molecule has 0 bridgehead atoms. The maximum atomic E-state index is 9.45. The minimum Gasteiger partial charge on any atom is -1.00 e. The molecule has 0 heterocycles. The minimum absolute atomic E-state index is 0. The van der Waals surface area contributed by atoms with Gasteiger partial charge in [-0.3, -0.25) is 0 Å². The van der Waals surface area contributed by atoms with Crippen molar-refractivity contribution in [2.45, 2.75) is 13.0 Å². The van der Waals surface area contributed by atoms with E-state index in [4.69, 9.17) is 10.2 Å². The number of carboxylic acid groups (broad SMARTS) is 1. The van der Waals surface area contributed by atoms with E-state index in [1.807, 2.05) is 0 Å². The Bertz CT molecular complexity index is 65.5. The molecule has 1 atom stereocenters. The molecule has 0 aliphatic rings. The molecule has 2 N–H and O–H groups in total. The van der Waals surface area contributed by atoms with Gasteiger partial charge in [-0.05, 0) is 6.92 Å². The van der Waals surface area contributed by atoms with Gasteiger partial charge in [0.15, 0.2) is 0 Å². The summed E-state index contributed by atoms with van der Waals surface area (Å²) in [6.07, 6.45) is -1.23. The van der Waals surface area contributed by atoms with Crippen LogP contribution in [0, 0.1) is 0 Å². The SMILES string of the molecule is CC(O)C(=O)O.[Cs+].[H-]. The summed E-state index contributed by atoms with van der Waals surface area (Å²) in [6.45, 7) is 1.20. The molecule has 0 amide bonds. The molecule has 0 rings (SSSR count). The van der Waals surface area contributed by atoms with Crippen molar-refractivity contribution in [2.75, 3.05) is 0 Å².